The summed E-state index contributed by atoms with van der Waals surface area (Å²) in [6.45, 7) is 15.4. The summed E-state index contributed by atoms with van der Waals surface area (Å²) in [6, 6.07) is 2.76. The lowest BCUT2D eigenvalue weighted by Crippen LogP contribution is -2.37. The zero-order valence-electron chi connectivity index (χ0n) is 14.6. The quantitative estimate of drug-likeness (QED) is 0.612. The minimum absolute atomic E-state index is 0.647. The van der Waals surface area contributed by atoms with E-state index in [4.69, 9.17) is 4.42 Å². The molecule has 0 radical (unpaired) electrons. The molecular formula is C18H34N2O. The highest BCUT2D eigenvalue weighted by Crippen LogP contribution is 2.19. The van der Waals surface area contributed by atoms with Crippen LogP contribution in [0.25, 0.3) is 0 Å². The van der Waals surface area contributed by atoms with Gasteiger partial charge in [0, 0.05) is 24.7 Å². The molecule has 1 aromatic rings. The maximum absolute atomic E-state index is 5.76. The lowest BCUT2D eigenvalue weighted by atomic mass is 10.1. The molecule has 0 fully saturated rings. The third-order valence-corrected chi connectivity index (χ3v) is 3.99. The van der Waals surface area contributed by atoms with E-state index in [2.05, 4.69) is 50.9 Å². The molecule has 0 aromatic carbocycles. The fraction of sp³-hybridized carbons (Fsp3) is 0.778. The Morgan fingerprint density at radius 3 is 2.48 bits per heavy atom. The predicted octanol–water partition coefficient (Wildman–Crippen LogP) is 4.43. The van der Waals surface area contributed by atoms with Crippen molar-refractivity contribution in [3.8, 4) is 0 Å². The summed E-state index contributed by atoms with van der Waals surface area (Å²) in [5.41, 5.74) is 1.31. The van der Waals surface area contributed by atoms with E-state index < -0.39 is 0 Å². The van der Waals surface area contributed by atoms with Crippen LogP contribution in [0, 0.1) is 5.92 Å². The fourth-order valence-corrected chi connectivity index (χ4v) is 2.86. The summed E-state index contributed by atoms with van der Waals surface area (Å²) < 4.78 is 5.76. The van der Waals surface area contributed by atoms with Crippen molar-refractivity contribution >= 4 is 0 Å². The standard InChI is InChI=1S/C18H34N2O/c1-6-10-19-12-16-9-11-21-18(16)14-20(13-15(4)5)17(7-2)8-3/h9,11,15,17,19H,6-8,10,12-14H2,1-5H3. The largest absolute Gasteiger partial charge is 0.468 e. The van der Waals surface area contributed by atoms with Crippen molar-refractivity contribution in [1.82, 2.24) is 10.2 Å². The Morgan fingerprint density at radius 1 is 1.19 bits per heavy atom. The molecule has 1 rings (SSSR count). The molecule has 3 nitrogen and oxygen atoms in total. The fourth-order valence-electron chi connectivity index (χ4n) is 2.86. The monoisotopic (exact) mass is 294 g/mol. The highest BCUT2D eigenvalue weighted by atomic mass is 16.3. The molecule has 0 aliphatic heterocycles. The summed E-state index contributed by atoms with van der Waals surface area (Å²) in [5, 5.41) is 3.47. The Labute approximate surface area is 131 Å². The molecular weight excluding hydrogens is 260 g/mol. The van der Waals surface area contributed by atoms with Crippen molar-refractivity contribution in [3.63, 3.8) is 0 Å². The van der Waals surface area contributed by atoms with Gasteiger partial charge in [-0.1, -0.05) is 34.6 Å². The minimum atomic E-state index is 0.647. The lowest BCUT2D eigenvalue weighted by Gasteiger charge is -2.31. The van der Waals surface area contributed by atoms with Crippen LogP contribution < -0.4 is 5.32 Å². The SMILES string of the molecule is CCCNCc1ccoc1CN(CC(C)C)C(CC)CC. The molecule has 0 aliphatic carbocycles. The number of nitrogens with zero attached hydrogens (tertiary/aromatic N) is 1. The number of rotatable bonds is 11. The van der Waals surface area contributed by atoms with Crippen molar-refractivity contribution in [1.29, 1.82) is 0 Å². The van der Waals surface area contributed by atoms with E-state index in [0.717, 1.165) is 31.9 Å². The third-order valence-electron chi connectivity index (χ3n) is 3.99. The molecule has 1 heterocycles. The maximum atomic E-state index is 5.76. The molecule has 0 spiro atoms. The summed E-state index contributed by atoms with van der Waals surface area (Å²) >= 11 is 0. The molecule has 122 valence electrons. The van der Waals surface area contributed by atoms with Crippen molar-refractivity contribution in [3.05, 3.63) is 23.7 Å². The number of nitrogens with one attached hydrogen (secondary N) is 1. The van der Waals surface area contributed by atoms with Gasteiger partial charge in [-0.05, 0) is 37.8 Å². The summed E-state index contributed by atoms with van der Waals surface area (Å²) in [5.74, 6) is 1.81. The van der Waals surface area contributed by atoms with E-state index in [-0.39, 0.29) is 0 Å². The van der Waals surface area contributed by atoms with Crippen LogP contribution in [0.5, 0.6) is 0 Å². The number of furan rings is 1. The van der Waals surface area contributed by atoms with E-state index in [1.54, 1.807) is 0 Å². The second-order valence-electron chi connectivity index (χ2n) is 6.34. The molecule has 1 aromatic heterocycles. The summed E-state index contributed by atoms with van der Waals surface area (Å²) in [7, 11) is 0. The van der Waals surface area contributed by atoms with Crippen LogP contribution in [0.4, 0.5) is 0 Å². The first-order valence-electron chi connectivity index (χ1n) is 8.62. The van der Waals surface area contributed by atoms with Gasteiger partial charge in [0.05, 0.1) is 12.8 Å². The van der Waals surface area contributed by atoms with E-state index >= 15 is 0 Å². The molecule has 0 unspecified atom stereocenters. The zero-order valence-corrected chi connectivity index (χ0v) is 14.6. The molecule has 0 saturated carbocycles. The minimum Gasteiger partial charge on any atom is -0.468 e. The molecule has 0 atom stereocenters. The molecule has 1 N–H and O–H groups in total. The second kappa shape index (κ2) is 10.0. The van der Waals surface area contributed by atoms with Gasteiger partial charge >= 0.3 is 0 Å². The third kappa shape index (κ3) is 6.23. The van der Waals surface area contributed by atoms with Crippen LogP contribution in [-0.4, -0.2) is 24.0 Å². The van der Waals surface area contributed by atoms with Gasteiger partial charge in [-0.15, -0.1) is 0 Å². The van der Waals surface area contributed by atoms with Crippen molar-refractivity contribution < 1.29 is 4.42 Å². The summed E-state index contributed by atoms with van der Waals surface area (Å²) in [6.07, 6.45) is 5.40. The number of hydrogen-bond donors (Lipinski definition) is 1. The number of hydrogen-bond acceptors (Lipinski definition) is 3. The Balaban J connectivity index is 2.71. The summed E-state index contributed by atoms with van der Waals surface area (Å²) in [4.78, 5) is 2.59. The first-order valence-corrected chi connectivity index (χ1v) is 8.62. The van der Waals surface area contributed by atoms with Gasteiger partial charge < -0.3 is 9.73 Å². The van der Waals surface area contributed by atoms with Crippen molar-refractivity contribution in [2.45, 2.75) is 73.0 Å². The van der Waals surface area contributed by atoms with Crippen LogP contribution >= 0.6 is 0 Å². The van der Waals surface area contributed by atoms with Gasteiger partial charge in [-0.3, -0.25) is 4.90 Å². The molecule has 0 bridgehead atoms. The van der Waals surface area contributed by atoms with Gasteiger partial charge in [-0.2, -0.15) is 0 Å². The molecule has 21 heavy (non-hydrogen) atoms. The van der Waals surface area contributed by atoms with Crippen LogP contribution in [0.1, 0.15) is 65.2 Å². The second-order valence-corrected chi connectivity index (χ2v) is 6.34. The Kier molecular flexibility index (Phi) is 8.70. The molecule has 3 heteroatoms. The van der Waals surface area contributed by atoms with Gasteiger partial charge in [0.2, 0.25) is 0 Å². The van der Waals surface area contributed by atoms with Gasteiger partial charge in [-0.25, -0.2) is 0 Å². The highest BCUT2D eigenvalue weighted by molar-refractivity contribution is 5.17. The molecule has 0 amide bonds. The Morgan fingerprint density at radius 2 is 1.90 bits per heavy atom. The predicted molar refractivity (Wildman–Crippen MR) is 90.3 cm³/mol. The molecule has 0 aliphatic rings. The van der Waals surface area contributed by atoms with Gasteiger partial charge in [0.1, 0.15) is 5.76 Å². The average Bonchev–Trinajstić information content (AvgIpc) is 2.87. The topological polar surface area (TPSA) is 28.4 Å². The van der Waals surface area contributed by atoms with Crippen LogP contribution in [0.15, 0.2) is 16.7 Å². The van der Waals surface area contributed by atoms with Crippen molar-refractivity contribution in [2.24, 2.45) is 5.92 Å². The van der Waals surface area contributed by atoms with E-state index in [9.17, 15) is 0 Å². The first kappa shape index (κ1) is 18.2. The average molecular weight is 294 g/mol. The van der Waals surface area contributed by atoms with Crippen LogP contribution in [0.2, 0.25) is 0 Å². The Hall–Kier alpha value is -0.800. The lowest BCUT2D eigenvalue weighted by molar-refractivity contribution is 0.145. The van der Waals surface area contributed by atoms with E-state index in [1.807, 2.05) is 6.26 Å². The van der Waals surface area contributed by atoms with Gasteiger partial charge in [0.25, 0.3) is 0 Å². The zero-order chi connectivity index (χ0) is 15.7. The van der Waals surface area contributed by atoms with Crippen LogP contribution in [0.3, 0.4) is 0 Å². The normalized spacial score (nSPS) is 12.0. The Bertz CT molecular complexity index is 369. The smallest absolute Gasteiger partial charge is 0.122 e. The first-order chi connectivity index (χ1) is 10.1. The molecule has 0 saturated heterocycles. The maximum Gasteiger partial charge on any atom is 0.122 e. The van der Waals surface area contributed by atoms with Crippen LogP contribution in [-0.2, 0) is 13.1 Å². The van der Waals surface area contributed by atoms with E-state index in [1.165, 1.54) is 24.8 Å². The van der Waals surface area contributed by atoms with Gasteiger partial charge in [0.15, 0.2) is 0 Å². The van der Waals surface area contributed by atoms with E-state index in [0.29, 0.717) is 12.0 Å². The van der Waals surface area contributed by atoms with Crippen molar-refractivity contribution in [2.75, 3.05) is 13.1 Å². The highest BCUT2D eigenvalue weighted by Gasteiger charge is 2.19.